The van der Waals surface area contributed by atoms with E-state index in [2.05, 4.69) is 143 Å². The third kappa shape index (κ3) is 5.77. The molecule has 2 aliphatic heterocycles. The summed E-state index contributed by atoms with van der Waals surface area (Å²) in [5.41, 5.74) is 11.9. The third-order valence-electron chi connectivity index (χ3n) is 10.6. The van der Waals surface area contributed by atoms with Crippen LogP contribution in [-0.2, 0) is 21.7 Å². The molecule has 0 fully saturated rings. The summed E-state index contributed by atoms with van der Waals surface area (Å²) in [5, 5.41) is 0. The Balaban J connectivity index is 1.59. The summed E-state index contributed by atoms with van der Waals surface area (Å²) in [6.07, 6.45) is 0. The number of nitrogens with zero attached hydrogens (tertiary/aromatic N) is 2. The van der Waals surface area contributed by atoms with Crippen LogP contribution in [0.25, 0.3) is 0 Å². The van der Waals surface area contributed by atoms with Crippen molar-refractivity contribution in [2.75, 3.05) is 9.80 Å². The Morgan fingerprint density at radius 2 is 0.800 bits per heavy atom. The number of hydrogen-bond acceptors (Lipinski definition) is 2. The predicted octanol–water partition coefficient (Wildman–Crippen LogP) is 11.3. The first-order valence-corrected chi connectivity index (χ1v) is 18.0. The fourth-order valence-electron chi connectivity index (χ4n) is 7.70. The van der Waals surface area contributed by atoms with E-state index in [0.29, 0.717) is 0 Å². The topological polar surface area (TPSA) is 6.48 Å². The van der Waals surface area contributed by atoms with Gasteiger partial charge in [-0.2, -0.15) is 0 Å². The lowest BCUT2D eigenvalue weighted by molar-refractivity contribution is 0.590. The molecule has 0 radical (unpaired) electrons. The molecule has 0 unspecified atom stereocenters. The smallest absolute Gasteiger partial charge is 0.252 e. The lowest BCUT2D eigenvalue weighted by Gasteiger charge is -2.45. The quantitative estimate of drug-likeness (QED) is 0.170. The molecule has 0 aliphatic carbocycles. The zero-order valence-electron chi connectivity index (χ0n) is 37.7. The van der Waals surface area contributed by atoms with Crippen LogP contribution < -0.4 is 26.2 Å². The van der Waals surface area contributed by atoms with Gasteiger partial charge in [0, 0.05) is 42.3 Å². The summed E-state index contributed by atoms with van der Waals surface area (Å²) in [4.78, 5) is 4.66. The first kappa shape index (κ1) is 27.5. The van der Waals surface area contributed by atoms with Gasteiger partial charge in [-0.1, -0.05) is 131 Å². The maximum Gasteiger partial charge on any atom is 0.252 e. The first-order valence-electron chi connectivity index (χ1n) is 21.0. The maximum atomic E-state index is 8.55. The molecular weight excluding hydrogens is 603 g/mol. The Morgan fingerprint density at radius 3 is 1.14 bits per heavy atom. The molecule has 256 valence electrons. The highest BCUT2D eigenvalue weighted by Gasteiger charge is 2.44. The zero-order chi connectivity index (χ0) is 41.1. The van der Waals surface area contributed by atoms with Crippen LogP contribution in [-0.4, -0.2) is 6.71 Å². The van der Waals surface area contributed by atoms with Crippen LogP contribution in [0.4, 0.5) is 34.1 Å². The van der Waals surface area contributed by atoms with Gasteiger partial charge in [0.25, 0.3) is 6.71 Å². The van der Waals surface area contributed by atoms with Crippen LogP contribution in [0.5, 0.6) is 0 Å². The van der Waals surface area contributed by atoms with Gasteiger partial charge in [0.15, 0.2) is 0 Å². The van der Waals surface area contributed by atoms with E-state index in [1.807, 2.05) is 12.1 Å². The highest BCUT2D eigenvalue weighted by Crippen LogP contribution is 2.46. The number of aryl methyl sites for hydroxylation is 1. The summed E-state index contributed by atoms with van der Waals surface area (Å²) >= 11 is 0. The van der Waals surface area contributed by atoms with Crippen LogP contribution in [0, 0.1) is 6.92 Å². The van der Waals surface area contributed by atoms with Gasteiger partial charge in [0.2, 0.25) is 0 Å². The zero-order valence-corrected chi connectivity index (χ0v) is 31.7. The molecule has 5 aromatic carbocycles. The van der Waals surface area contributed by atoms with Crippen molar-refractivity contribution in [3.63, 3.8) is 0 Å². The van der Waals surface area contributed by atoms with Gasteiger partial charge in [0.05, 0.1) is 0 Å². The van der Waals surface area contributed by atoms with Crippen molar-refractivity contribution < 1.29 is 8.22 Å². The SMILES string of the molecule is [2H]C([2H])([2H])C(C)(C)c1ccc2c(c1)B1c3cc(C(C)(C)C([2H])([2H])[2H])ccc3N(c3ccc(C(C)(C)C)cc3)c3cc(C)cc(c31)N2c1ccc(C(C)(C)C)cc1. The highest BCUT2D eigenvalue weighted by atomic mass is 15.2. The molecule has 3 heteroatoms. The van der Waals surface area contributed by atoms with Crippen molar-refractivity contribution in [1.82, 2.24) is 0 Å². The first-order chi connectivity index (χ1) is 25.7. The van der Waals surface area contributed by atoms with Gasteiger partial charge >= 0.3 is 0 Å². The molecule has 2 heterocycles. The fraction of sp³-hybridized carbons (Fsp3) is 0.362. The Morgan fingerprint density at radius 1 is 0.440 bits per heavy atom. The van der Waals surface area contributed by atoms with E-state index in [4.69, 9.17) is 8.22 Å². The monoisotopic (exact) mass is 664 g/mol. The number of fused-ring (bicyclic) bond motifs is 4. The molecule has 0 N–H and O–H groups in total. The van der Waals surface area contributed by atoms with E-state index >= 15 is 0 Å². The molecule has 0 aromatic heterocycles. The molecule has 50 heavy (non-hydrogen) atoms. The molecule has 0 spiro atoms. The lowest BCUT2D eigenvalue weighted by atomic mass is 9.33. The minimum absolute atomic E-state index is 0.0192. The number of hydrogen-bond donors (Lipinski definition) is 0. The molecule has 0 amide bonds. The standard InChI is InChI=1S/C47H55BN2/c1-30-26-41-43-42(27-30)50(36-22-16-32(17-23-36)45(5,6)7)40-25-19-34(47(11,12)13)29-38(40)48(43)37-28-33(46(8,9)10)18-24-39(37)49(41)35-20-14-31(15-21-35)44(2,3)4/h14-29H,1-13H3/i8D3,11D3. The van der Waals surface area contributed by atoms with Crippen molar-refractivity contribution in [2.24, 2.45) is 0 Å². The normalized spacial score (nSPS) is 16.7. The summed E-state index contributed by atoms with van der Waals surface area (Å²) in [7, 11) is 0. The van der Waals surface area contributed by atoms with E-state index in [-0.39, 0.29) is 17.5 Å². The molecule has 7 rings (SSSR count). The highest BCUT2D eigenvalue weighted by molar-refractivity contribution is 7.00. The van der Waals surface area contributed by atoms with Crippen molar-refractivity contribution >= 4 is 57.2 Å². The second-order valence-electron chi connectivity index (χ2n) is 17.7. The summed E-state index contributed by atoms with van der Waals surface area (Å²) in [6.45, 7) is 17.9. The van der Waals surface area contributed by atoms with Crippen LogP contribution in [0.2, 0.25) is 0 Å². The largest absolute Gasteiger partial charge is 0.311 e. The average molecular weight is 665 g/mol. The van der Waals surface area contributed by atoms with Crippen LogP contribution >= 0.6 is 0 Å². The Labute approximate surface area is 311 Å². The fourth-order valence-corrected chi connectivity index (χ4v) is 7.70. The van der Waals surface area contributed by atoms with E-state index < -0.39 is 24.5 Å². The minimum atomic E-state index is -2.24. The molecule has 5 aromatic rings. The molecule has 0 atom stereocenters. The second kappa shape index (κ2) is 11.4. The maximum absolute atomic E-state index is 8.55. The van der Waals surface area contributed by atoms with E-state index in [9.17, 15) is 0 Å². The molecule has 2 nitrogen and oxygen atoms in total. The Bertz CT molecular complexity index is 2160. The summed E-state index contributed by atoms with van der Waals surface area (Å²) < 4.78 is 51.3. The number of benzene rings is 5. The van der Waals surface area contributed by atoms with Gasteiger partial charge in [-0.05, 0) is 121 Å². The van der Waals surface area contributed by atoms with Gasteiger partial charge in [-0.15, -0.1) is 0 Å². The molecule has 0 bridgehead atoms. The van der Waals surface area contributed by atoms with E-state index in [1.165, 1.54) is 11.1 Å². The summed E-state index contributed by atoms with van der Waals surface area (Å²) in [5.74, 6) is 0. The van der Waals surface area contributed by atoms with Gasteiger partial charge < -0.3 is 9.80 Å². The van der Waals surface area contributed by atoms with E-state index in [0.717, 1.165) is 67.2 Å². The van der Waals surface area contributed by atoms with Crippen molar-refractivity contribution in [2.45, 2.75) is 112 Å². The molecular formula is C47H55BN2. The van der Waals surface area contributed by atoms with Gasteiger partial charge in [0.1, 0.15) is 0 Å². The Kier molecular flexibility index (Phi) is 6.26. The van der Waals surface area contributed by atoms with Crippen molar-refractivity contribution in [1.29, 1.82) is 0 Å². The van der Waals surface area contributed by atoms with Gasteiger partial charge in [-0.25, -0.2) is 0 Å². The molecule has 2 aliphatic rings. The molecule has 0 saturated carbocycles. The minimum Gasteiger partial charge on any atom is -0.311 e. The number of anilines is 6. The second-order valence-corrected chi connectivity index (χ2v) is 17.7. The predicted molar refractivity (Wildman–Crippen MR) is 220 cm³/mol. The van der Waals surface area contributed by atoms with Crippen molar-refractivity contribution in [3.05, 3.63) is 125 Å². The molecule has 0 saturated heterocycles. The van der Waals surface area contributed by atoms with Crippen molar-refractivity contribution in [3.8, 4) is 0 Å². The van der Waals surface area contributed by atoms with Gasteiger partial charge in [-0.3, -0.25) is 0 Å². The summed E-state index contributed by atoms with van der Waals surface area (Å²) in [6, 6.07) is 34.5. The van der Waals surface area contributed by atoms with E-state index in [1.54, 1.807) is 27.7 Å². The number of rotatable bonds is 2. The average Bonchev–Trinajstić information content (AvgIpc) is 3.09. The Hall–Kier alpha value is -4.24. The third-order valence-corrected chi connectivity index (χ3v) is 10.6. The van der Waals surface area contributed by atoms with Crippen LogP contribution in [0.3, 0.4) is 0 Å². The van der Waals surface area contributed by atoms with Crippen LogP contribution in [0.1, 0.15) is 119 Å². The lowest BCUT2D eigenvalue weighted by Crippen LogP contribution is -2.61. The van der Waals surface area contributed by atoms with Crippen LogP contribution in [0.15, 0.2) is 97.1 Å².